The van der Waals surface area contributed by atoms with Crippen LogP contribution in [0.2, 0.25) is 0 Å². The Morgan fingerprint density at radius 3 is 2.74 bits per heavy atom. The largest absolute Gasteiger partial charge is 0.358 e. The first-order valence-electron chi connectivity index (χ1n) is 9.32. The van der Waals surface area contributed by atoms with Crippen LogP contribution in [0.3, 0.4) is 0 Å². The van der Waals surface area contributed by atoms with Crippen LogP contribution in [-0.4, -0.2) is 33.7 Å². The molecule has 2 aromatic carbocycles. The van der Waals surface area contributed by atoms with Crippen LogP contribution in [0.15, 0.2) is 66.9 Å². The molecule has 0 radical (unpaired) electrons. The Labute approximate surface area is 158 Å². The second-order valence-corrected chi connectivity index (χ2v) is 7.76. The standard InChI is InChI=1S/C23H22N4/c1-23(22-13-16-6-3-4-7-20(16)25-22)15-27(2)14-18-12-17(9-10-19(18)23)21-8-5-11-24-26-21/h3-13,25H,14-15H2,1-2H3. The van der Waals surface area contributed by atoms with Crippen LogP contribution in [0.25, 0.3) is 22.2 Å². The number of aromatic amines is 1. The van der Waals surface area contributed by atoms with Gasteiger partial charge in [-0.1, -0.05) is 30.3 Å². The van der Waals surface area contributed by atoms with Gasteiger partial charge in [0, 0.05) is 41.5 Å². The van der Waals surface area contributed by atoms with E-state index in [0.29, 0.717) is 0 Å². The summed E-state index contributed by atoms with van der Waals surface area (Å²) in [5, 5.41) is 9.56. The quantitative estimate of drug-likeness (QED) is 0.581. The van der Waals surface area contributed by atoms with E-state index in [1.165, 1.54) is 27.7 Å². The van der Waals surface area contributed by atoms with E-state index in [4.69, 9.17) is 0 Å². The number of benzene rings is 2. The van der Waals surface area contributed by atoms with Crippen molar-refractivity contribution in [1.29, 1.82) is 0 Å². The molecule has 1 unspecified atom stereocenters. The van der Waals surface area contributed by atoms with Crippen molar-refractivity contribution in [1.82, 2.24) is 20.1 Å². The number of aromatic nitrogens is 3. The lowest BCUT2D eigenvalue weighted by Gasteiger charge is -2.40. The van der Waals surface area contributed by atoms with Crippen molar-refractivity contribution in [2.75, 3.05) is 13.6 Å². The number of hydrogen-bond donors (Lipinski definition) is 1. The molecule has 0 fully saturated rings. The first kappa shape index (κ1) is 16.2. The summed E-state index contributed by atoms with van der Waals surface area (Å²) in [5.41, 5.74) is 7.16. The van der Waals surface area contributed by atoms with E-state index in [0.717, 1.165) is 24.3 Å². The van der Waals surface area contributed by atoms with Gasteiger partial charge in [-0.15, -0.1) is 0 Å². The third kappa shape index (κ3) is 2.64. The molecule has 0 aliphatic carbocycles. The van der Waals surface area contributed by atoms with E-state index in [1.54, 1.807) is 6.20 Å². The second-order valence-electron chi connectivity index (χ2n) is 7.76. The molecule has 0 bridgehead atoms. The SMILES string of the molecule is CN1Cc2cc(-c3cccnn3)ccc2C(C)(c2cc3ccccc3[nH]2)C1. The molecular formula is C23H22N4. The van der Waals surface area contributed by atoms with Crippen molar-refractivity contribution in [3.05, 3.63) is 83.7 Å². The first-order chi connectivity index (χ1) is 13.1. The maximum atomic E-state index is 4.27. The summed E-state index contributed by atoms with van der Waals surface area (Å²) in [4.78, 5) is 6.06. The highest BCUT2D eigenvalue weighted by Gasteiger charge is 2.37. The van der Waals surface area contributed by atoms with Crippen LogP contribution in [0, 0.1) is 0 Å². The molecule has 0 spiro atoms. The van der Waals surface area contributed by atoms with Gasteiger partial charge in [0.05, 0.1) is 5.69 Å². The Balaban J connectivity index is 1.65. The van der Waals surface area contributed by atoms with Crippen molar-refractivity contribution in [2.24, 2.45) is 0 Å². The summed E-state index contributed by atoms with van der Waals surface area (Å²) in [6, 6.07) is 21.5. The smallest absolute Gasteiger partial charge is 0.0929 e. The maximum absolute atomic E-state index is 4.27. The van der Waals surface area contributed by atoms with Crippen LogP contribution < -0.4 is 0 Å². The number of para-hydroxylation sites is 1. The fourth-order valence-electron chi connectivity index (χ4n) is 4.45. The molecule has 0 saturated heterocycles. The predicted octanol–water partition coefficient (Wildman–Crippen LogP) is 4.38. The zero-order valence-corrected chi connectivity index (χ0v) is 15.6. The minimum absolute atomic E-state index is 0.0811. The summed E-state index contributed by atoms with van der Waals surface area (Å²) < 4.78 is 0. The molecule has 2 aromatic heterocycles. The Morgan fingerprint density at radius 1 is 1.04 bits per heavy atom. The monoisotopic (exact) mass is 354 g/mol. The van der Waals surface area contributed by atoms with Gasteiger partial charge in [0.15, 0.2) is 0 Å². The van der Waals surface area contributed by atoms with Gasteiger partial charge >= 0.3 is 0 Å². The van der Waals surface area contributed by atoms with E-state index < -0.39 is 0 Å². The van der Waals surface area contributed by atoms with Crippen molar-refractivity contribution in [3.63, 3.8) is 0 Å². The van der Waals surface area contributed by atoms with Gasteiger partial charge < -0.3 is 9.88 Å². The fraction of sp³-hybridized carbons (Fsp3) is 0.217. The minimum Gasteiger partial charge on any atom is -0.358 e. The number of H-pyrrole nitrogens is 1. The minimum atomic E-state index is -0.0811. The van der Waals surface area contributed by atoms with Crippen LogP contribution >= 0.6 is 0 Å². The first-order valence-corrected chi connectivity index (χ1v) is 9.32. The topological polar surface area (TPSA) is 44.8 Å². The molecule has 0 amide bonds. The fourth-order valence-corrected chi connectivity index (χ4v) is 4.45. The van der Waals surface area contributed by atoms with Gasteiger partial charge in [-0.05, 0) is 60.8 Å². The molecule has 1 N–H and O–H groups in total. The number of nitrogens with one attached hydrogen (secondary N) is 1. The molecule has 3 heterocycles. The van der Waals surface area contributed by atoms with Gasteiger partial charge in [-0.25, -0.2) is 0 Å². The molecule has 1 atom stereocenters. The number of fused-ring (bicyclic) bond motifs is 2. The third-order valence-corrected chi connectivity index (χ3v) is 5.72. The average Bonchev–Trinajstić information content (AvgIpc) is 3.13. The van der Waals surface area contributed by atoms with Gasteiger partial charge in [0.25, 0.3) is 0 Å². The lowest BCUT2D eigenvalue weighted by Crippen LogP contribution is -2.43. The third-order valence-electron chi connectivity index (χ3n) is 5.72. The van der Waals surface area contributed by atoms with E-state index in [9.17, 15) is 0 Å². The Morgan fingerprint density at radius 2 is 1.93 bits per heavy atom. The number of nitrogens with zero attached hydrogens (tertiary/aromatic N) is 3. The van der Waals surface area contributed by atoms with Crippen LogP contribution in [0.5, 0.6) is 0 Å². The number of hydrogen-bond acceptors (Lipinski definition) is 3. The van der Waals surface area contributed by atoms with Crippen LogP contribution in [0.1, 0.15) is 23.7 Å². The van der Waals surface area contributed by atoms with Crippen LogP contribution in [-0.2, 0) is 12.0 Å². The lowest BCUT2D eigenvalue weighted by atomic mass is 9.74. The van der Waals surface area contributed by atoms with Gasteiger partial charge in [0.1, 0.15) is 0 Å². The highest BCUT2D eigenvalue weighted by Crippen LogP contribution is 2.40. The summed E-state index contributed by atoms with van der Waals surface area (Å²) in [6.07, 6.45) is 1.71. The zero-order chi connectivity index (χ0) is 18.4. The van der Waals surface area contributed by atoms with E-state index in [2.05, 4.69) is 82.6 Å². The van der Waals surface area contributed by atoms with Crippen molar-refractivity contribution in [3.8, 4) is 11.3 Å². The Bertz CT molecular complexity index is 1080. The molecule has 1 aliphatic rings. The van der Waals surface area contributed by atoms with Crippen LogP contribution in [0.4, 0.5) is 0 Å². The lowest BCUT2D eigenvalue weighted by molar-refractivity contribution is 0.246. The molecule has 4 heteroatoms. The molecule has 1 aliphatic heterocycles. The van der Waals surface area contributed by atoms with Gasteiger partial charge in [0.2, 0.25) is 0 Å². The zero-order valence-electron chi connectivity index (χ0n) is 15.6. The molecule has 0 saturated carbocycles. The summed E-state index contributed by atoms with van der Waals surface area (Å²) in [6.45, 7) is 4.27. The number of likely N-dealkylation sites (N-methyl/N-ethyl adjacent to an activating group) is 1. The molecule has 27 heavy (non-hydrogen) atoms. The maximum Gasteiger partial charge on any atom is 0.0929 e. The Kier molecular flexibility index (Phi) is 3.62. The summed E-state index contributed by atoms with van der Waals surface area (Å²) in [5.74, 6) is 0. The van der Waals surface area contributed by atoms with Crippen molar-refractivity contribution >= 4 is 10.9 Å². The van der Waals surface area contributed by atoms with Gasteiger partial charge in [-0.2, -0.15) is 10.2 Å². The van der Waals surface area contributed by atoms with Gasteiger partial charge in [-0.3, -0.25) is 0 Å². The molecule has 134 valence electrons. The highest BCUT2D eigenvalue weighted by atomic mass is 15.1. The summed E-state index contributed by atoms with van der Waals surface area (Å²) in [7, 11) is 2.19. The normalized spacial score (nSPS) is 19.9. The van der Waals surface area contributed by atoms with E-state index in [1.807, 2.05) is 12.1 Å². The van der Waals surface area contributed by atoms with Crippen molar-refractivity contribution < 1.29 is 0 Å². The molecule has 5 rings (SSSR count). The molecule has 4 aromatic rings. The predicted molar refractivity (Wildman–Crippen MR) is 109 cm³/mol. The molecular weight excluding hydrogens is 332 g/mol. The van der Waals surface area contributed by atoms with E-state index >= 15 is 0 Å². The average molecular weight is 354 g/mol. The van der Waals surface area contributed by atoms with Crippen molar-refractivity contribution in [2.45, 2.75) is 18.9 Å². The molecule has 4 nitrogen and oxygen atoms in total. The Hall–Kier alpha value is -2.98. The number of rotatable bonds is 2. The van der Waals surface area contributed by atoms with E-state index in [-0.39, 0.29) is 5.41 Å². The second kappa shape index (κ2) is 6.03. The summed E-state index contributed by atoms with van der Waals surface area (Å²) >= 11 is 0. The highest BCUT2D eigenvalue weighted by molar-refractivity contribution is 5.81.